The van der Waals surface area contributed by atoms with E-state index in [0.717, 1.165) is 6.61 Å². The van der Waals surface area contributed by atoms with Gasteiger partial charge < -0.3 is 19.8 Å². The molecule has 19 heavy (non-hydrogen) atoms. The predicted molar refractivity (Wildman–Crippen MR) is 70.3 cm³/mol. The number of carbonyl (C=O) groups excluding carboxylic acids is 1. The van der Waals surface area contributed by atoms with Gasteiger partial charge in [-0.2, -0.15) is 0 Å². The highest BCUT2D eigenvalue weighted by molar-refractivity contribution is 5.94. The smallest absolute Gasteiger partial charge is 0.253 e. The highest BCUT2D eigenvalue weighted by atomic mass is 16.5. The van der Waals surface area contributed by atoms with E-state index in [1.807, 2.05) is 0 Å². The molecule has 1 aliphatic carbocycles. The van der Waals surface area contributed by atoms with Gasteiger partial charge in [0.2, 0.25) is 0 Å². The maximum atomic E-state index is 12.0. The number of hydrogen-bond donors (Lipinski definition) is 2. The van der Waals surface area contributed by atoms with Crippen molar-refractivity contribution in [3.63, 3.8) is 0 Å². The summed E-state index contributed by atoms with van der Waals surface area (Å²) in [6.45, 7) is 1.76. The van der Waals surface area contributed by atoms with E-state index in [4.69, 9.17) is 4.74 Å². The summed E-state index contributed by atoms with van der Waals surface area (Å²) in [5, 5.41) is 18.7. The van der Waals surface area contributed by atoms with Gasteiger partial charge in [0.25, 0.3) is 5.91 Å². The van der Waals surface area contributed by atoms with Gasteiger partial charge in [-0.3, -0.25) is 4.79 Å². The van der Waals surface area contributed by atoms with Crippen LogP contribution in [-0.4, -0.2) is 47.8 Å². The Bertz CT molecular complexity index is 437. The summed E-state index contributed by atoms with van der Waals surface area (Å²) in [7, 11) is 1.67. The van der Waals surface area contributed by atoms with E-state index in [2.05, 4.69) is 0 Å². The third kappa shape index (κ3) is 4.13. The fourth-order valence-electron chi connectivity index (χ4n) is 1.78. The first-order valence-corrected chi connectivity index (χ1v) is 6.42. The second-order valence-corrected chi connectivity index (χ2v) is 4.98. The second kappa shape index (κ2) is 5.93. The first-order chi connectivity index (χ1) is 9.06. The van der Waals surface area contributed by atoms with Crippen molar-refractivity contribution in [1.29, 1.82) is 0 Å². The van der Waals surface area contributed by atoms with Crippen molar-refractivity contribution in [1.82, 2.24) is 4.90 Å². The lowest BCUT2D eigenvalue weighted by Gasteiger charge is -2.17. The molecule has 5 nitrogen and oxygen atoms in total. The standard InChI is InChI=1S/C14H19NO4/c1-15(4-5-19-9-10-2-3-10)14(18)11-6-12(16)8-13(17)7-11/h6-8,10,16-17H,2-5,9H2,1H3. The van der Waals surface area contributed by atoms with Crippen LogP contribution in [0.4, 0.5) is 0 Å². The normalized spacial score (nSPS) is 14.4. The fourth-order valence-corrected chi connectivity index (χ4v) is 1.78. The molecule has 0 aromatic heterocycles. The van der Waals surface area contributed by atoms with Gasteiger partial charge in [-0.25, -0.2) is 0 Å². The van der Waals surface area contributed by atoms with Crippen LogP contribution >= 0.6 is 0 Å². The van der Waals surface area contributed by atoms with Crippen molar-refractivity contribution < 1.29 is 19.7 Å². The summed E-state index contributed by atoms with van der Waals surface area (Å²) < 4.78 is 5.47. The number of ether oxygens (including phenoxy) is 1. The number of hydrogen-bond acceptors (Lipinski definition) is 4. The summed E-state index contributed by atoms with van der Waals surface area (Å²) >= 11 is 0. The molecule has 2 rings (SSSR count). The molecule has 0 unspecified atom stereocenters. The average molecular weight is 265 g/mol. The van der Waals surface area contributed by atoms with E-state index in [0.29, 0.717) is 19.1 Å². The van der Waals surface area contributed by atoms with E-state index in [9.17, 15) is 15.0 Å². The molecule has 0 heterocycles. The van der Waals surface area contributed by atoms with Crippen LogP contribution in [0.5, 0.6) is 11.5 Å². The first kappa shape index (κ1) is 13.7. The largest absolute Gasteiger partial charge is 0.508 e. The highest BCUT2D eigenvalue weighted by Crippen LogP contribution is 2.28. The van der Waals surface area contributed by atoms with Crippen molar-refractivity contribution in [2.45, 2.75) is 12.8 Å². The number of rotatable bonds is 6. The molecule has 0 saturated heterocycles. The highest BCUT2D eigenvalue weighted by Gasteiger charge is 2.21. The molecule has 1 fully saturated rings. The Morgan fingerprint density at radius 2 is 1.95 bits per heavy atom. The molecule has 1 amide bonds. The molecule has 0 spiro atoms. The van der Waals surface area contributed by atoms with Gasteiger partial charge in [0.1, 0.15) is 11.5 Å². The number of nitrogens with zero attached hydrogens (tertiary/aromatic N) is 1. The number of likely N-dealkylation sites (N-methyl/N-ethyl adjacent to an activating group) is 1. The third-order valence-corrected chi connectivity index (χ3v) is 3.12. The molecule has 104 valence electrons. The number of phenols is 2. The summed E-state index contributed by atoms with van der Waals surface area (Å²) in [4.78, 5) is 13.6. The molecule has 5 heteroatoms. The quantitative estimate of drug-likeness (QED) is 0.766. The maximum absolute atomic E-state index is 12.0. The minimum absolute atomic E-state index is 0.123. The maximum Gasteiger partial charge on any atom is 0.253 e. The summed E-state index contributed by atoms with van der Waals surface area (Å²) in [5.41, 5.74) is 0.266. The Labute approximate surface area is 112 Å². The molecule has 0 radical (unpaired) electrons. The molecule has 1 aromatic carbocycles. The first-order valence-electron chi connectivity index (χ1n) is 6.42. The topological polar surface area (TPSA) is 70.0 Å². The molecule has 1 aliphatic rings. The summed E-state index contributed by atoms with van der Waals surface area (Å²) in [5.74, 6) is 0.216. The van der Waals surface area contributed by atoms with E-state index in [-0.39, 0.29) is 23.0 Å². The van der Waals surface area contributed by atoms with Gasteiger partial charge in [0.05, 0.1) is 6.61 Å². The van der Waals surface area contributed by atoms with Crippen molar-refractivity contribution in [3.8, 4) is 11.5 Å². The third-order valence-electron chi connectivity index (χ3n) is 3.12. The number of phenolic OH excluding ortho intramolecular Hbond substituents is 2. The van der Waals surface area contributed by atoms with Crippen molar-refractivity contribution in [2.24, 2.45) is 5.92 Å². The number of aromatic hydroxyl groups is 2. The number of amides is 1. The van der Waals surface area contributed by atoms with Crippen LogP contribution < -0.4 is 0 Å². The van der Waals surface area contributed by atoms with Gasteiger partial charge in [0, 0.05) is 31.8 Å². The van der Waals surface area contributed by atoms with Crippen molar-refractivity contribution >= 4 is 5.91 Å². The van der Waals surface area contributed by atoms with Gasteiger partial charge in [-0.15, -0.1) is 0 Å². The lowest BCUT2D eigenvalue weighted by atomic mass is 10.2. The van der Waals surface area contributed by atoms with Gasteiger partial charge in [0.15, 0.2) is 0 Å². The van der Waals surface area contributed by atoms with Crippen LogP contribution in [0.3, 0.4) is 0 Å². The Hall–Kier alpha value is -1.75. The SMILES string of the molecule is CN(CCOCC1CC1)C(=O)c1cc(O)cc(O)c1. The van der Waals surface area contributed by atoms with E-state index >= 15 is 0 Å². The Kier molecular flexibility index (Phi) is 4.27. The zero-order valence-corrected chi connectivity index (χ0v) is 11.0. The molecule has 1 aromatic rings. The predicted octanol–water partition coefficient (Wildman–Crippen LogP) is 1.60. The number of benzene rings is 1. The van der Waals surface area contributed by atoms with Gasteiger partial charge in [-0.05, 0) is 30.9 Å². The molecule has 0 atom stereocenters. The minimum atomic E-state index is -0.249. The lowest BCUT2D eigenvalue weighted by molar-refractivity contribution is 0.0680. The van der Waals surface area contributed by atoms with E-state index < -0.39 is 0 Å². The Balaban J connectivity index is 1.82. The molecular formula is C14H19NO4. The molecule has 0 aliphatic heterocycles. The zero-order chi connectivity index (χ0) is 13.8. The fraction of sp³-hybridized carbons (Fsp3) is 0.500. The Morgan fingerprint density at radius 3 is 2.53 bits per heavy atom. The van der Waals surface area contributed by atoms with Crippen molar-refractivity contribution in [3.05, 3.63) is 23.8 Å². The lowest BCUT2D eigenvalue weighted by Crippen LogP contribution is -2.30. The second-order valence-electron chi connectivity index (χ2n) is 4.98. The van der Waals surface area contributed by atoms with Crippen LogP contribution in [0.1, 0.15) is 23.2 Å². The summed E-state index contributed by atoms with van der Waals surface area (Å²) in [6.07, 6.45) is 2.49. The van der Waals surface area contributed by atoms with Gasteiger partial charge >= 0.3 is 0 Å². The number of carbonyl (C=O) groups is 1. The van der Waals surface area contributed by atoms with Gasteiger partial charge in [-0.1, -0.05) is 0 Å². The average Bonchev–Trinajstić information content (AvgIpc) is 3.16. The van der Waals surface area contributed by atoms with E-state index in [1.54, 1.807) is 7.05 Å². The molecule has 0 bridgehead atoms. The van der Waals surface area contributed by atoms with Crippen LogP contribution in [0.25, 0.3) is 0 Å². The molecule has 1 saturated carbocycles. The molecular weight excluding hydrogens is 246 g/mol. The van der Waals surface area contributed by atoms with Crippen molar-refractivity contribution in [2.75, 3.05) is 26.8 Å². The van der Waals surface area contributed by atoms with Crippen LogP contribution in [0, 0.1) is 5.92 Å². The van der Waals surface area contributed by atoms with Crippen LogP contribution in [-0.2, 0) is 4.74 Å². The van der Waals surface area contributed by atoms with Crippen LogP contribution in [0.15, 0.2) is 18.2 Å². The monoisotopic (exact) mass is 265 g/mol. The summed E-state index contributed by atoms with van der Waals surface area (Å²) in [6, 6.07) is 3.86. The minimum Gasteiger partial charge on any atom is -0.508 e. The zero-order valence-electron chi connectivity index (χ0n) is 11.0. The Morgan fingerprint density at radius 1 is 1.32 bits per heavy atom. The van der Waals surface area contributed by atoms with E-state index in [1.165, 1.54) is 35.9 Å². The molecule has 2 N–H and O–H groups in total. The van der Waals surface area contributed by atoms with Crippen LogP contribution in [0.2, 0.25) is 0 Å².